The van der Waals surface area contributed by atoms with Gasteiger partial charge in [0.15, 0.2) is 0 Å². The van der Waals surface area contributed by atoms with Crippen molar-refractivity contribution < 1.29 is 24.1 Å². The van der Waals surface area contributed by atoms with Gasteiger partial charge in [0, 0.05) is 5.41 Å². The maximum atomic E-state index is 13.3. The second-order valence-electron chi connectivity index (χ2n) is 11.2. The highest BCUT2D eigenvalue weighted by molar-refractivity contribution is 5.96. The zero-order valence-corrected chi connectivity index (χ0v) is 20.1. The topological polar surface area (TPSA) is 102 Å². The first-order valence-electron chi connectivity index (χ1n) is 12.2. The van der Waals surface area contributed by atoms with Crippen LogP contribution in [0, 0.1) is 59.7 Å². The minimum atomic E-state index is -1.26. The van der Waals surface area contributed by atoms with Crippen molar-refractivity contribution >= 4 is 18.5 Å². The fraction of sp³-hybridized carbons (Fsp3) is 0.692. The van der Waals surface area contributed by atoms with Crippen molar-refractivity contribution in [3.05, 3.63) is 28.7 Å². The predicted molar refractivity (Wildman–Crippen MR) is 121 cm³/mol. The molecule has 5 rings (SSSR count). The maximum absolute atomic E-state index is 13.3. The molecule has 0 radical (unpaired) electrons. The number of aryl methyl sites for hydroxylation is 2. The highest BCUT2D eigenvalue weighted by atomic mass is 16.6. The first-order chi connectivity index (χ1) is 15.7. The summed E-state index contributed by atoms with van der Waals surface area (Å²) < 4.78 is 5.20. The van der Waals surface area contributed by atoms with Gasteiger partial charge in [-0.05, 0) is 62.7 Å². The average Bonchev–Trinajstić information content (AvgIpc) is 3.44. The molecule has 7 atom stereocenters. The number of carbonyl (C=O) groups is 2. The summed E-state index contributed by atoms with van der Waals surface area (Å²) in [4.78, 5) is 32.0. The summed E-state index contributed by atoms with van der Waals surface area (Å²) >= 11 is 0. The van der Waals surface area contributed by atoms with Gasteiger partial charge in [-0.25, -0.2) is 0 Å². The van der Waals surface area contributed by atoms with Gasteiger partial charge >= 0.3 is 5.97 Å². The molecule has 0 saturated heterocycles. The molecule has 7 heteroatoms. The summed E-state index contributed by atoms with van der Waals surface area (Å²) in [6.07, 6.45) is 8.24. The van der Waals surface area contributed by atoms with E-state index >= 15 is 0 Å². The third kappa shape index (κ3) is 2.51. The van der Waals surface area contributed by atoms with E-state index in [4.69, 9.17) is 9.36 Å². The number of aldehydes is 1. The van der Waals surface area contributed by atoms with Crippen LogP contribution in [0.4, 0.5) is 0 Å². The third-order valence-electron chi connectivity index (χ3n) is 9.75. The van der Waals surface area contributed by atoms with Crippen LogP contribution in [0.5, 0.6) is 0 Å². The number of hydrogen-bond acceptors (Lipinski definition) is 6. The molecule has 178 valence electrons. The van der Waals surface area contributed by atoms with E-state index in [0.29, 0.717) is 24.0 Å². The number of carboxylic acid groups (broad SMARTS) is 1. The number of allylic oxidation sites excluding steroid dienone is 1. The molecule has 3 fully saturated rings. The molecule has 1 heterocycles. The normalized spacial score (nSPS) is 41.0. The van der Waals surface area contributed by atoms with Crippen LogP contribution in [-0.2, 0) is 21.0 Å². The lowest BCUT2D eigenvalue weighted by molar-refractivity contribution is -0.173. The van der Waals surface area contributed by atoms with Crippen molar-refractivity contribution in [1.29, 1.82) is 0 Å². The fourth-order valence-corrected chi connectivity index (χ4v) is 8.43. The van der Waals surface area contributed by atoms with Crippen LogP contribution in [0.1, 0.15) is 63.5 Å². The van der Waals surface area contributed by atoms with Crippen LogP contribution in [-0.4, -0.2) is 28.7 Å². The molecule has 4 aliphatic carbocycles. The van der Waals surface area contributed by atoms with Gasteiger partial charge in [-0.15, -0.1) is 0 Å². The van der Waals surface area contributed by atoms with Crippen molar-refractivity contribution in [2.75, 3.05) is 0 Å². The Morgan fingerprint density at radius 3 is 2.70 bits per heavy atom. The monoisotopic (exact) mass is 454 g/mol. The van der Waals surface area contributed by atoms with Crippen LogP contribution >= 0.6 is 0 Å². The number of rotatable bonds is 7. The molecule has 1 aromatic heterocycles. The summed E-state index contributed by atoms with van der Waals surface area (Å²) in [5, 5.41) is 19.3. The van der Waals surface area contributed by atoms with Gasteiger partial charge in [0.1, 0.15) is 24.1 Å². The fourth-order valence-electron chi connectivity index (χ4n) is 8.43. The first kappa shape index (κ1) is 22.4. The zero-order chi connectivity index (χ0) is 23.8. The molecule has 0 aliphatic heterocycles. The zero-order valence-electron chi connectivity index (χ0n) is 20.1. The third-order valence-corrected chi connectivity index (χ3v) is 9.75. The van der Waals surface area contributed by atoms with Crippen molar-refractivity contribution in [2.24, 2.45) is 51.0 Å². The Labute approximate surface area is 194 Å². The van der Waals surface area contributed by atoms with Gasteiger partial charge in [0.2, 0.25) is 0 Å². The first-order valence-corrected chi connectivity index (χ1v) is 12.2. The van der Waals surface area contributed by atoms with Crippen LogP contribution in [0.2, 0.25) is 0 Å². The predicted octanol–water partition coefficient (Wildman–Crippen LogP) is 4.72. The van der Waals surface area contributed by atoms with Crippen molar-refractivity contribution in [3.8, 4) is 0 Å². The van der Waals surface area contributed by atoms with Gasteiger partial charge < -0.3 is 19.3 Å². The van der Waals surface area contributed by atoms with Crippen LogP contribution in [0.15, 0.2) is 21.3 Å². The molecule has 3 saturated carbocycles. The largest absolute Gasteiger partial charge is 0.481 e. The van der Waals surface area contributed by atoms with E-state index in [1.165, 1.54) is 0 Å². The molecular formula is C26H34N2O5. The Morgan fingerprint density at radius 2 is 2.09 bits per heavy atom. The van der Waals surface area contributed by atoms with E-state index in [9.17, 15) is 14.7 Å². The van der Waals surface area contributed by atoms with Crippen LogP contribution < -0.4 is 0 Å². The Bertz CT molecular complexity index is 1040. The average molecular weight is 455 g/mol. The van der Waals surface area contributed by atoms with Crippen LogP contribution in [0.25, 0.3) is 0 Å². The lowest BCUT2D eigenvalue weighted by Gasteiger charge is -2.57. The Hall–Kier alpha value is -2.44. The number of oxime groups is 1. The Balaban J connectivity index is 1.60. The van der Waals surface area contributed by atoms with Gasteiger partial charge in [0.25, 0.3) is 0 Å². The van der Waals surface area contributed by atoms with Gasteiger partial charge in [-0.3, -0.25) is 4.79 Å². The molecule has 1 aromatic rings. The minimum Gasteiger partial charge on any atom is -0.481 e. The highest BCUT2D eigenvalue weighted by Crippen LogP contribution is 2.82. The van der Waals surface area contributed by atoms with Crippen molar-refractivity contribution in [1.82, 2.24) is 5.16 Å². The van der Waals surface area contributed by atoms with E-state index in [1.807, 2.05) is 27.7 Å². The second kappa shape index (κ2) is 7.28. The smallest absolute Gasteiger partial charge is 0.315 e. The quantitative estimate of drug-likeness (QED) is 0.277. The van der Waals surface area contributed by atoms with Crippen molar-refractivity contribution in [3.63, 3.8) is 0 Å². The molecule has 0 amide bonds. The number of aromatic nitrogens is 1. The van der Waals surface area contributed by atoms with Crippen LogP contribution in [0.3, 0.4) is 0 Å². The standard InChI is InChI=1S/C26H34N2O5/c1-14(2)22-8-18-9-25(13-29)21-7-6-15(3)19(21)10-24(18,26(22,25)23(30)31)12-27-32-11-20-16(4)28-33-17(20)5/h8,12-15,18-19,21H,6-7,9-11H2,1-5H3,(H,30,31)/b27-12+/t15-,18?,19-,21-,24?,25?,26-/m1/s1. The van der Waals surface area contributed by atoms with E-state index < -0.39 is 22.2 Å². The lowest BCUT2D eigenvalue weighted by Crippen LogP contribution is -2.63. The molecule has 0 spiro atoms. The number of carbonyl (C=O) groups excluding carboxylic acids is 1. The summed E-state index contributed by atoms with van der Waals surface area (Å²) in [6, 6.07) is 0. The van der Waals surface area contributed by atoms with Crippen molar-refractivity contribution in [2.45, 2.75) is 66.9 Å². The van der Waals surface area contributed by atoms with E-state index in [1.54, 1.807) is 6.21 Å². The van der Waals surface area contributed by atoms with Gasteiger partial charge in [0.05, 0.1) is 22.9 Å². The maximum Gasteiger partial charge on any atom is 0.315 e. The lowest BCUT2D eigenvalue weighted by atomic mass is 9.43. The molecule has 33 heavy (non-hydrogen) atoms. The van der Waals surface area contributed by atoms with E-state index in [0.717, 1.165) is 42.4 Å². The molecular weight excluding hydrogens is 420 g/mol. The summed E-state index contributed by atoms with van der Waals surface area (Å²) in [5.41, 5.74) is -0.400. The molecule has 4 aliphatic rings. The van der Waals surface area contributed by atoms with Gasteiger partial charge in [-0.2, -0.15) is 0 Å². The number of fused-ring (bicyclic) bond motifs is 2. The minimum absolute atomic E-state index is 0.0274. The summed E-state index contributed by atoms with van der Waals surface area (Å²) in [6.45, 7) is 10.2. The molecule has 4 bridgehead atoms. The summed E-state index contributed by atoms with van der Waals surface area (Å²) in [5.74, 6) is 0.714. The van der Waals surface area contributed by atoms with E-state index in [2.05, 4.69) is 23.3 Å². The molecule has 7 nitrogen and oxygen atoms in total. The summed E-state index contributed by atoms with van der Waals surface area (Å²) in [7, 11) is 0. The number of hydrogen-bond donors (Lipinski definition) is 1. The second-order valence-corrected chi connectivity index (χ2v) is 11.2. The van der Waals surface area contributed by atoms with Gasteiger partial charge in [-0.1, -0.05) is 49.2 Å². The number of nitrogens with zero attached hydrogens (tertiary/aromatic N) is 2. The molecule has 0 aromatic carbocycles. The molecule has 3 unspecified atom stereocenters. The number of carboxylic acids is 1. The Kier molecular flexibility index (Phi) is 4.93. The number of aliphatic carboxylic acids is 1. The SMILES string of the molecule is Cc1noc(C)c1CO/N=C/C12C[C@@H]3[C@H](C)CC[C@H]3C3(C=O)CC1C=C(C(C)C)[C@@]23C(=O)O. The Morgan fingerprint density at radius 1 is 1.33 bits per heavy atom. The highest BCUT2D eigenvalue weighted by Gasteiger charge is 2.84. The molecule has 1 N–H and O–H groups in total. The van der Waals surface area contributed by atoms with E-state index in [-0.39, 0.29) is 24.4 Å².